The number of imidazole rings is 1. The summed E-state index contributed by atoms with van der Waals surface area (Å²) in [6.07, 6.45) is 11.7. The number of aromatic nitrogens is 4. The molecule has 0 bridgehead atoms. The van der Waals surface area contributed by atoms with Crippen LogP contribution in [-0.4, -0.2) is 61.2 Å². The minimum absolute atomic E-state index is 0.157. The van der Waals surface area contributed by atoms with Crippen LogP contribution in [0.3, 0.4) is 0 Å². The van der Waals surface area contributed by atoms with E-state index < -0.39 is 0 Å². The van der Waals surface area contributed by atoms with Gasteiger partial charge in [-0.05, 0) is 52.9 Å². The van der Waals surface area contributed by atoms with Gasteiger partial charge in [-0.3, -0.25) is 14.4 Å². The summed E-state index contributed by atoms with van der Waals surface area (Å²) in [6.45, 7) is 13.0. The van der Waals surface area contributed by atoms with E-state index in [0.29, 0.717) is 18.0 Å². The lowest BCUT2D eigenvalue weighted by Gasteiger charge is -2.28. The van der Waals surface area contributed by atoms with Crippen molar-refractivity contribution in [1.29, 1.82) is 0 Å². The highest BCUT2D eigenvalue weighted by atomic mass is 16.2. The molecule has 31 heavy (non-hydrogen) atoms. The second kappa shape index (κ2) is 7.76. The maximum atomic E-state index is 13.8. The molecule has 1 saturated carbocycles. The third kappa shape index (κ3) is 3.81. The predicted molar refractivity (Wildman–Crippen MR) is 120 cm³/mol. The topological polar surface area (TPSA) is 59.2 Å². The van der Waals surface area contributed by atoms with Gasteiger partial charge in [0.05, 0.1) is 23.6 Å². The quantitative estimate of drug-likeness (QED) is 0.683. The van der Waals surface area contributed by atoms with E-state index in [2.05, 4.69) is 59.6 Å². The van der Waals surface area contributed by atoms with E-state index in [4.69, 9.17) is 4.98 Å². The van der Waals surface area contributed by atoms with Gasteiger partial charge in [0.25, 0.3) is 0 Å². The molecule has 5 rings (SSSR count). The zero-order valence-corrected chi connectivity index (χ0v) is 19.4. The SMILES string of the molecule is CC(C)n1cnc([C@H]2CN(Cc3cnn(C(C)C)c3)C[C@]23CCN(CC2CC2)C3=O)c1. The van der Waals surface area contributed by atoms with E-state index in [9.17, 15) is 4.79 Å². The highest BCUT2D eigenvalue weighted by molar-refractivity contribution is 5.87. The van der Waals surface area contributed by atoms with Crippen molar-refractivity contribution < 1.29 is 4.79 Å². The molecule has 4 heterocycles. The van der Waals surface area contributed by atoms with E-state index in [-0.39, 0.29) is 11.3 Å². The predicted octanol–water partition coefficient (Wildman–Crippen LogP) is 3.47. The van der Waals surface area contributed by atoms with Crippen molar-refractivity contribution in [2.75, 3.05) is 26.2 Å². The minimum Gasteiger partial charge on any atom is -0.342 e. The summed E-state index contributed by atoms with van der Waals surface area (Å²) in [4.78, 5) is 23.2. The fraction of sp³-hybridized carbons (Fsp3) is 0.708. The molecule has 2 aromatic rings. The third-order valence-electron chi connectivity index (χ3n) is 7.50. The highest BCUT2D eigenvalue weighted by Crippen LogP contribution is 2.50. The van der Waals surface area contributed by atoms with Crippen LogP contribution in [0.5, 0.6) is 0 Å². The Morgan fingerprint density at radius 3 is 2.61 bits per heavy atom. The summed E-state index contributed by atoms with van der Waals surface area (Å²) in [7, 11) is 0. The average molecular weight is 425 g/mol. The van der Waals surface area contributed by atoms with Crippen LogP contribution in [0.1, 0.15) is 76.2 Å². The molecule has 0 N–H and O–H groups in total. The lowest BCUT2D eigenvalue weighted by atomic mass is 9.75. The molecule has 1 spiro atoms. The number of carbonyl (C=O) groups excluding carboxylic acids is 1. The van der Waals surface area contributed by atoms with Crippen LogP contribution in [0, 0.1) is 11.3 Å². The molecule has 2 aliphatic heterocycles. The van der Waals surface area contributed by atoms with E-state index in [1.54, 1.807) is 0 Å². The van der Waals surface area contributed by atoms with Gasteiger partial charge in [-0.15, -0.1) is 0 Å². The standard InChI is InChI=1S/C24H36N6O/c1-17(2)29-14-22(25-16-29)21-13-27(10-20-9-26-30(12-20)18(3)4)15-24(21)7-8-28(23(24)31)11-19-5-6-19/h9,12,14,16-19,21H,5-8,10-11,13,15H2,1-4H3/t21-,24-/m1/s1. The zero-order valence-electron chi connectivity index (χ0n) is 19.4. The number of amides is 1. The molecule has 0 aromatic carbocycles. The second-order valence-electron chi connectivity index (χ2n) is 10.6. The first-order valence-corrected chi connectivity index (χ1v) is 11.9. The number of hydrogen-bond donors (Lipinski definition) is 0. The fourth-order valence-electron chi connectivity index (χ4n) is 5.43. The van der Waals surface area contributed by atoms with Gasteiger partial charge in [-0.1, -0.05) is 0 Å². The van der Waals surface area contributed by atoms with Crippen molar-refractivity contribution in [3.8, 4) is 0 Å². The fourth-order valence-corrected chi connectivity index (χ4v) is 5.43. The van der Waals surface area contributed by atoms with Crippen LogP contribution in [0.2, 0.25) is 0 Å². The molecule has 0 unspecified atom stereocenters. The molecule has 2 saturated heterocycles. The Morgan fingerprint density at radius 2 is 1.97 bits per heavy atom. The van der Waals surface area contributed by atoms with Gasteiger partial charge in [-0.25, -0.2) is 4.98 Å². The van der Waals surface area contributed by atoms with Crippen LogP contribution < -0.4 is 0 Å². The maximum absolute atomic E-state index is 13.8. The summed E-state index contributed by atoms with van der Waals surface area (Å²) < 4.78 is 4.18. The number of carbonyl (C=O) groups is 1. The monoisotopic (exact) mass is 424 g/mol. The lowest BCUT2D eigenvalue weighted by molar-refractivity contribution is -0.136. The maximum Gasteiger partial charge on any atom is 0.230 e. The molecule has 3 aliphatic rings. The van der Waals surface area contributed by atoms with Gasteiger partial charge < -0.3 is 9.47 Å². The number of hydrogen-bond acceptors (Lipinski definition) is 4. The molecule has 1 aliphatic carbocycles. The Balaban J connectivity index is 1.40. The minimum atomic E-state index is -0.334. The molecular weight excluding hydrogens is 388 g/mol. The van der Waals surface area contributed by atoms with Crippen LogP contribution in [0.15, 0.2) is 24.9 Å². The molecule has 1 amide bonds. The van der Waals surface area contributed by atoms with Crippen molar-refractivity contribution in [1.82, 2.24) is 29.1 Å². The van der Waals surface area contributed by atoms with Gasteiger partial charge in [0.1, 0.15) is 0 Å². The van der Waals surface area contributed by atoms with Crippen LogP contribution in [-0.2, 0) is 11.3 Å². The first kappa shape index (κ1) is 20.7. The summed E-state index contributed by atoms with van der Waals surface area (Å²) in [5.74, 6) is 1.25. The lowest BCUT2D eigenvalue weighted by Crippen LogP contribution is -2.40. The number of rotatable bonds is 7. The van der Waals surface area contributed by atoms with Crippen molar-refractivity contribution in [2.45, 2.75) is 71.5 Å². The van der Waals surface area contributed by atoms with E-state index in [1.165, 1.54) is 18.4 Å². The normalized spacial score (nSPS) is 27.0. The van der Waals surface area contributed by atoms with Crippen molar-refractivity contribution >= 4 is 5.91 Å². The summed E-state index contributed by atoms with van der Waals surface area (Å²) in [5, 5.41) is 4.51. The van der Waals surface area contributed by atoms with E-state index >= 15 is 0 Å². The molecule has 2 aromatic heterocycles. The Morgan fingerprint density at radius 1 is 1.16 bits per heavy atom. The van der Waals surface area contributed by atoms with Gasteiger partial charge in [0.2, 0.25) is 5.91 Å². The van der Waals surface area contributed by atoms with Crippen molar-refractivity contribution in [2.24, 2.45) is 11.3 Å². The van der Waals surface area contributed by atoms with Crippen LogP contribution in [0.25, 0.3) is 0 Å². The molecule has 7 heteroatoms. The summed E-state index contributed by atoms with van der Waals surface area (Å²) >= 11 is 0. The molecule has 2 atom stereocenters. The molecule has 7 nitrogen and oxygen atoms in total. The van der Waals surface area contributed by atoms with E-state index in [1.807, 2.05) is 17.2 Å². The second-order valence-corrected chi connectivity index (χ2v) is 10.6. The van der Waals surface area contributed by atoms with Crippen LogP contribution >= 0.6 is 0 Å². The summed E-state index contributed by atoms with van der Waals surface area (Å²) in [6, 6.07) is 0.737. The van der Waals surface area contributed by atoms with Crippen molar-refractivity contribution in [3.63, 3.8) is 0 Å². The smallest absolute Gasteiger partial charge is 0.230 e. The molecule has 168 valence electrons. The Bertz CT molecular complexity index is 942. The van der Waals surface area contributed by atoms with Gasteiger partial charge >= 0.3 is 0 Å². The number of nitrogens with zero attached hydrogens (tertiary/aromatic N) is 6. The first-order chi connectivity index (χ1) is 14.9. The number of likely N-dealkylation sites (tertiary alicyclic amines) is 2. The van der Waals surface area contributed by atoms with Crippen LogP contribution in [0.4, 0.5) is 0 Å². The van der Waals surface area contributed by atoms with E-state index in [0.717, 1.165) is 50.8 Å². The molecule has 0 radical (unpaired) electrons. The molecule has 3 fully saturated rings. The molecular formula is C24H36N6O. The summed E-state index contributed by atoms with van der Waals surface area (Å²) in [5.41, 5.74) is 1.97. The zero-order chi connectivity index (χ0) is 21.8. The van der Waals surface area contributed by atoms with Gasteiger partial charge in [0, 0.05) is 68.7 Å². The largest absolute Gasteiger partial charge is 0.342 e. The van der Waals surface area contributed by atoms with Gasteiger partial charge in [-0.2, -0.15) is 5.10 Å². The Hall–Kier alpha value is -2.15. The van der Waals surface area contributed by atoms with Gasteiger partial charge in [0.15, 0.2) is 0 Å². The highest BCUT2D eigenvalue weighted by Gasteiger charge is 2.58. The average Bonchev–Trinajstić information content (AvgIpc) is 3.11. The Labute approximate surface area is 185 Å². The third-order valence-corrected chi connectivity index (χ3v) is 7.50. The first-order valence-electron chi connectivity index (χ1n) is 11.9. The van der Waals surface area contributed by atoms with Crippen molar-refractivity contribution in [3.05, 3.63) is 36.2 Å². The Kier molecular flexibility index (Phi) is 5.19.